The molecule has 0 aromatic heterocycles. The molecule has 1 unspecified atom stereocenters. The van der Waals surface area contributed by atoms with Gasteiger partial charge in [0.2, 0.25) is 0 Å². The summed E-state index contributed by atoms with van der Waals surface area (Å²) in [5, 5.41) is 9.57. The zero-order valence-corrected chi connectivity index (χ0v) is 10.1. The number of rotatable bonds is 3. The second-order valence-corrected chi connectivity index (χ2v) is 6.07. The van der Waals surface area contributed by atoms with Gasteiger partial charge in [-0.2, -0.15) is 0 Å². The minimum absolute atomic E-state index is 0.186. The largest absolute Gasteiger partial charge is 0.393 e. The van der Waals surface area contributed by atoms with Crippen molar-refractivity contribution in [1.29, 1.82) is 0 Å². The summed E-state index contributed by atoms with van der Waals surface area (Å²) in [6.07, 6.45) is 1.00. The number of benzene rings is 1. The van der Waals surface area contributed by atoms with E-state index >= 15 is 0 Å². The summed E-state index contributed by atoms with van der Waals surface area (Å²) in [6.45, 7) is 1.64. The van der Waals surface area contributed by atoms with E-state index < -0.39 is 15.9 Å². The lowest BCUT2D eigenvalue weighted by molar-refractivity contribution is 0.195. The minimum Gasteiger partial charge on any atom is -0.393 e. The van der Waals surface area contributed by atoms with Crippen LogP contribution < -0.4 is 0 Å². The van der Waals surface area contributed by atoms with Gasteiger partial charge < -0.3 is 5.11 Å². The van der Waals surface area contributed by atoms with Gasteiger partial charge in [0.15, 0.2) is 9.84 Å². The molecule has 1 N–H and O–H groups in total. The lowest BCUT2D eigenvalue weighted by Crippen LogP contribution is -2.05. The van der Waals surface area contributed by atoms with Gasteiger partial charge in [0, 0.05) is 11.3 Å². The number of aliphatic hydroxyl groups excluding tert-OH is 1. The Morgan fingerprint density at radius 2 is 2.00 bits per heavy atom. The standard InChI is InChI=1S/C10H13ClO3S/c1-7(12)3-8-4-9(11)6-10(5-8)15(2,13)14/h4-7,12H,3H2,1-2H3. The third kappa shape index (κ3) is 3.81. The highest BCUT2D eigenvalue weighted by Crippen LogP contribution is 2.20. The minimum atomic E-state index is -3.25. The van der Waals surface area contributed by atoms with Gasteiger partial charge >= 0.3 is 0 Å². The van der Waals surface area contributed by atoms with Crippen LogP contribution in [0.2, 0.25) is 5.02 Å². The van der Waals surface area contributed by atoms with Crippen LogP contribution >= 0.6 is 11.6 Å². The fourth-order valence-electron chi connectivity index (χ4n) is 1.29. The molecule has 0 radical (unpaired) electrons. The van der Waals surface area contributed by atoms with Crippen molar-refractivity contribution in [2.24, 2.45) is 0 Å². The maximum atomic E-state index is 11.3. The fraction of sp³-hybridized carbons (Fsp3) is 0.400. The maximum Gasteiger partial charge on any atom is 0.175 e. The molecule has 1 aromatic rings. The SMILES string of the molecule is CC(O)Cc1cc(Cl)cc(S(C)(=O)=O)c1. The molecule has 5 heteroatoms. The van der Waals surface area contributed by atoms with Crippen molar-refractivity contribution in [3.63, 3.8) is 0 Å². The highest BCUT2D eigenvalue weighted by atomic mass is 35.5. The molecule has 0 fully saturated rings. The second kappa shape index (κ2) is 4.51. The summed E-state index contributed by atoms with van der Waals surface area (Å²) in [7, 11) is -3.25. The predicted molar refractivity (Wildman–Crippen MR) is 59.9 cm³/mol. The molecule has 3 nitrogen and oxygen atoms in total. The molecule has 0 amide bonds. The Bertz CT molecular complexity index is 452. The topological polar surface area (TPSA) is 54.4 Å². The van der Waals surface area contributed by atoms with Gasteiger partial charge in [0.25, 0.3) is 0 Å². The van der Waals surface area contributed by atoms with Gasteiger partial charge in [0.05, 0.1) is 11.0 Å². The molecule has 0 spiro atoms. The Kier molecular flexibility index (Phi) is 3.76. The van der Waals surface area contributed by atoms with Gasteiger partial charge in [-0.25, -0.2) is 8.42 Å². The summed E-state index contributed by atoms with van der Waals surface area (Å²) < 4.78 is 22.6. The van der Waals surface area contributed by atoms with Crippen molar-refractivity contribution in [2.45, 2.75) is 24.3 Å². The number of halogens is 1. The van der Waals surface area contributed by atoms with Crippen LogP contribution in [0, 0.1) is 0 Å². The van der Waals surface area contributed by atoms with Crippen LogP contribution in [0.25, 0.3) is 0 Å². The van der Waals surface area contributed by atoms with Crippen LogP contribution in [-0.2, 0) is 16.3 Å². The normalized spacial score (nSPS) is 13.9. The molecule has 84 valence electrons. The molecule has 0 aliphatic carbocycles. The van der Waals surface area contributed by atoms with Crippen LogP contribution in [-0.4, -0.2) is 25.9 Å². The third-order valence-electron chi connectivity index (χ3n) is 1.89. The predicted octanol–water partition coefficient (Wildman–Crippen LogP) is 1.67. The van der Waals surface area contributed by atoms with Crippen LogP contribution in [0.15, 0.2) is 23.1 Å². The van der Waals surface area contributed by atoms with E-state index in [1.165, 1.54) is 12.1 Å². The summed E-state index contributed by atoms with van der Waals surface area (Å²) in [5.74, 6) is 0. The number of hydrogen-bond acceptors (Lipinski definition) is 3. The molecule has 15 heavy (non-hydrogen) atoms. The Hall–Kier alpha value is -0.580. The van der Waals surface area contributed by atoms with E-state index in [9.17, 15) is 13.5 Å². The molecule has 0 saturated heterocycles. The quantitative estimate of drug-likeness (QED) is 0.885. The zero-order valence-electron chi connectivity index (χ0n) is 8.57. The third-order valence-corrected chi connectivity index (χ3v) is 3.20. The first-order chi connectivity index (χ1) is 6.79. The Balaban J connectivity index is 3.17. The van der Waals surface area contributed by atoms with Gasteiger partial charge in [0.1, 0.15) is 0 Å². The molecule has 0 heterocycles. The lowest BCUT2D eigenvalue weighted by Gasteiger charge is -2.07. The van der Waals surface area contributed by atoms with E-state index in [-0.39, 0.29) is 4.90 Å². The molecule has 1 atom stereocenters. The molecular formula is C10H13ClO3S. The van der Waals surface area contributed by atoms with Crippen molar-refractivity contribution in [2.75, 3.05) is 6.26 Å². The van der Waals surface area contributed by atoms with Crippen molar-refractivity contribution in [3.8, 4) is 0 Å². The first kappa shape index (κ1) is 12.5. The lowest BCUT2D eigenvalue weighted by atomic mass is 10.1. The Morgan fingerprint density at radius 3 is 2.47 bits per heavy atom. The monoisotopic (exact) mass is 248 g/mol. The summed E-state index contributed by atoms with van der Waals surface area (Å²) in [4.78, 5) is 0.186. The summed E-state index contributed by atoms with van der Waals surface area (Å²) >= 11 is 5.79. The van der Waals surface area contributed by atoms with Gasteiger partial charge in [-0.1, -0.05) is 11.6 Å². The molecule has 0 aliphatic rings. The molecule has 1 aromatic carbocycles. The molecule has 0 bridgehead atoms. The van der Waals surface area contributed by atoms with Gasteiger partial charge in [-0.05, 0) is 37.1 Å². The van der Waals surface area contributed by atoms with Crippen LogP contribution in [0.3, 0.4) is 0 Å². The average molecular weight is 249 g/mol. The van der Waals surface area contributed by atoms with Gasteiger partial charge in [-0.15, -0.1) is 0 Å². The Morgan fingerprint density at radius 1 is 1.40 bits per heavy atom. The fourth-order valence-corrected chi connectivity index (χ4v) is 2.32. The number of sulfone groups is 1. The summed E-state index contributed by atoms with van der Waals surface area (Å²) in [6, 6.07) is 4.60. The van der Waals surface area contributed by atoms with E-state index in [4.69, 9.17) is 11.6 Å². The smallest absolute Gasteiger partial charge is 0.175 e. The highest BCUT2D eigenvalue weighted by molar-refractivity contribution is 7.90. The van der Waals surface area contributed by atoms with Crippen LogP contribution in [0.1, 0.15) is 12.5 Å². The van der Waals surface area contributed by atoms with E-state index in [1.54, 1.807) is 13.0 Å². The van der Waals surface area contributed by atoms with Crippen LogP contribution in [0.4, 0.5) is 0 Å². The maximum absolute atomic E-state index is 11.3. The van der Waals surface area contributed by atoms with E-state index in [2.05, 4.69) is 0 Å². The first-order valence-corrected chi connectivity index (χ1v) is 6.73. The van der Waals surface area contributed by atoms with Gasteiger partial charge in [-0.3, -0.25) is 0 Å². The second-order valence-electron chi connectivity index (χ2n) is 3.62. The van der Waals surface area contributed by atoms with E-state index in [0.717, 1.165) is 11.8 Å². The first-order valence-electron chi connectivity index (χ1n) is 4.46. The molecule has 0 saturated carbocycles. The van der Waals surface area contributed by atoms with Crippen molar-refractivity contribution in [3.05, 3.63) is 28.8 Å². The summed E-state index contributed by atoms with van der Waals surface area (Å²) in [5.41, 5.74) is 0.720. The Labute approximate surface area is 94.6 Å². The van der Waals surface area contributed by atoms with E-state index in [1.807, 2.05) is 0 Å². The number of hydrogen-bond donors (Lipinski definition) is 1. The molecule has 1 rings (SSSR count). The zero-order chi connectivity index (χ0) is 11.6. The number of aliphatic hydroxyl groups is 1. The average Bonchev–Trinajstić information content (AvgIpc) is 1.99. The van der Waals surface area contributed by atoms with Crippen molar-refractivity contribution < 1.29 is 13.5 Å². The van der Waals surface area contributed by atoms with Crippen molar-refractivity contribution in [1.82, 2.24) is 0 Å². The van der Waals surface area contributed by atoms with Crippen LogP contribution in [0.5, 0.6) is 0 Å². The van der Waals surface area contributed by atoms with E-state index in [0.29, 0.717) is 11.4 Å². The molecule has 0 aliphatic heterocycles. The molecular weight excluding hydrogens is 236 g/mol. The highest BCUT2D eigenvalue weighted by Gasteiger charge is 2.10. The van der Waals surface area contributed by atoms with Crippen molar-refractivity contribution >= 4 is 21.4 Å².